The zero-order valence-electron chi connectivity index (χ0n) is 11.7. The third-order valence-electron chi connectivity index (χ3n) is 2.76. The van der Waals surface area contributed by atoms with Gasteiger partial charge >= 0.3 is 5.97 Å². The summed E-state index contributed by atoms with van der Waals surface area (Å²) in [5, 5.41) is 12.0. The van der Waals surface area contributed by atoms with E-state index in [0.29, 0.717) is 12.4 Å². The molecule has 0 aliphatic heterocycles. The Balaban J connectivity index is 2.11. The molecular formula is C15H17N3O3. The number of nitrogens with one attached hydrogen (secondary N) is 1. The molecular weight excluding hydrogens is 270 g/mol. The fourth-order valence-electron chi connectivity index (χ4n) is 1.72. The van der Waals surface area contributed by atoms with Crippen molar-refractivity contribution in [2.45, 2.75) is 13.3 Å². The largest absolute Gasteiger partial charge is 0.494 e. The minimum absolute atomic E-state index is 0.0235. The number of pyridine rings is 1. The van der Waals surface area contributed by atoms with Crippen LogP contribution in [0.1, 0.15) is 23.7 Å². The van der Waals surface area contributed by atoms with Gasteiger partial charge in [-0.05, 0) is 36.8 Å². The number of nitrogen functional groups attached to an aromatic ring is 1. The van der Waals surface area contributed by atoms with Crippen molar-refractivity contribution in [1.29, 1.82) is 0 Å². The van der Waals surface area contributed by atoms with Crippen LogP contribution < -0.4 is 15.8 Å². The van der Waals surface area contributed by atoms with E-state index >= 15 is 0 Å². The van der Waals surface area contributed by atoms with Crippen LogP contribution in [0.2, 0.25) is 0 Å². The van der Waals surface area contributed by atoms with Gasteiger partial charge in [0.05, 0.1) is 24.1 Å². The van der Waals surface area contributed by atoms with Gasteiger partial charge in [0, 0.05) is 5.69 Å². The molecule has 2 rings (SSSR count). The Morgan fingerprint density at radius 2 is 2.10 bits per heavy atom. The van der Waals surface area contributed by atoms with Crippen LogP contribution in [0.25, 0.3) is 0 Å². The molecule has 0 saturated heterocycles. The molecule has 0 atom stereocenters. The first-order valence-corrected chi connectivity index (χ1v) is 6.59. The van der Waals surface area contributed by atoms with E-state index in [1.54, 1.807) is 0 Å². The minimum atomic E-state index is -1.08. The van der Waals surface area contributed by atoms with E-state index in [-0.39, 0.29) is 11.3 Å². The van der Waals surface area contributed by atoms with Crippen LogP contribution in [-0.4, -0.2) is 22.7 Å². The monoisotopic (exact) mass is 287 g/mol. The van der Waals surface area contributed by atoms with Crippen LogP contribution in [0.4, 0.5) is 17.2 Å². The number of nitrogens with two attached hydrogens (primary N) is 1. The first-order chi connectivity index (χ1) is 10.1. The zero-order valence-corrected chi connectivity index (χ0v) is 11.7. The van der Waals surface area contributed by atoms with Crippen LogP contribution >= 0.6 is 0 Å². The lowest BCUT2D eigenvalue weighted by atomic mass is 10.2. The Kier molecular flexibility index (Phi) is 4.61. The van der Waals surface area contributed by atoms with Crippen molar-refractivity contribution in [3.05, 3.63) is 42.1 Å². The molecule has 0 unspecified atom stereocenters. The third kappa shape index (κ3) is 3.85. The summed E-state index contributed by atoms with van der Waals surface area (Å²) in [4.78, 5) is 15.1. The van der Waals surface area contributed by atoms with Crippen molar-refractivity contribution in [2.75, 3.05) is 17.7 Å². The molecule has 0 aliphatic rings. The van der Waals surface area contributed by atoms with Gasteiger partial charge in [-0.3, -0.25) is 0 Å². The smallest absolute Gasteiger partial charge is 0.337 e. The molecule has 0 saturated carbocycles. The maximum absolute atomic E-state index is 11.0. The predicted molar refractivity (Wildman–Crippen MR) is 81.1 cm³/mol. The second-order valence-corrected chi connectivity index (χ2v) is 4.46. The first-order valence-electron chi connectivity index (χ1n) is 6.59. The number of carboxylic acid groups (broad SMARTS) is 1. The summed E-state index contributed by atoms with van der Waals surface area (Å²) in [6.07, 6.45) is 2.28. The van der Waals surface area contributed by atoms with Crippen LogP contribution in [0, 0.1) is 0 Å². The zero-order chi connectivity index (χ0) is 15.2. The Bertz CT molecular complexity index is 627. The Morgan fingerprint density at radius 3 is 2.71 bits per heavy atom. The molecule has 0 amide bonds. The third-order valence-corrected chi connectivity index (χ3v) is 2.76. The van der Waals surface area contributed by atoms with Crippen LogP contribution in [0.3, 0.4) is 0 Å². The molecule has 6 heteroatoms. The molecule has 0 aliphatic carbocycles. The van der Waals surface area contributed by atoms with Gasteiger partial charge in [-0.1, -0.05) is 6.92 Å². The molecule has 6 nitrogen and oxygen atoms in total. The highest BCUT2D eigenvalue weighted by molar-refractivity contribution is 5.94. The first kappa shape index (κ1) is 14.6. The topological polar surface area (TPSA) is 97.5 Å². The fourth-order valence-corrected chi connectivity index (χ4v) is 1.72. The number of carbonyl (C=O) groups is 1. The number of ether oxygens (including phenoxy) is 1. The van der Waals surface area contributed by atoms with E-state index in [9.17, 15) is 4.79 Å². The van der Waals surface area contributed by atoms with Crippen LogP contribution in [0.5, 0.6) is 5.75 Å². The van der Waals surface area contributed by atoms with Gasteiger partial charge in [-0.2, -0.15) is 0 Å². The highest BCUT2D eigenvalue weighted by atomic mass is 16.5. The second-order valence-electron chi connectivity index (χ2n) is 4.46. The van der Waals surface area contributed by atoms with Crippen molar-refractivity contribution in [3.8, 4) is 5.75 Å². The molecule has 0 fully saturated rings. The number of rotatable bonds is 6. The van der Waals surface area contributed by atoms with E-state index in [1.807, 2.05) is 31.2 Å². The number of benzene rings is 1. The lowest BCUT2D eigenvalue weighted by Gasteiger charge is -2.09. The Hall–Kier alpha value is -2.76. The number of hydrogen-bond donors (Lipinski definition) is 3. The van der Waals surface area contributed by atoms with E-state index in [0.717, 1.165) is 17.9 Å². The summed E-state index contributed by atoms with van der Waals surface area (Å²) >= 11 is 0. The number of hydrogen-bond acceptors (Lipinski definition) is 5. The number of aromatic nitrogens is 1. The summed E-state index contributed by atoms with van der Waals surface area (Å²) in [5.41, 5.74) is 6.51. The van der Waals surface area contributed by atoms with Crippen molar-refractivity contribution < 1.29 is 14.6 Å². The van der Waals surface area contributed by atoms with Crippen molar-refractivity contribution in [2.24, 2.45) is 0 Å². The molecule has 1 aromatic carbocycles. The average molecular weight is 287 g/mol. The molecule has 0 spiro atoms. The second kappa shape index (κ2) is 6.60. The maximum atomic E-state index is 11.0. The van der Waals surface area contributed by atoms with E-state index in [4.69, 9.17) is 15.6 Å². The lowest BCUT2D eigenvalue weighted by Crippen LogP contribution is -2.05. The van der Waals surface area contributed by atoms with Gasteiger partial charge in [0.1, 0.15) is 11.6 Å². The van der Waals surface area contributed by atoms with Crippen molar-refractivity contribution >= 4 is 23.2 Å². The Labute approximate surface area is 122 Å². The fraction of sp³-hybridized carbons (Fsp3) is 0.200. The average Bonchev–Trinajstić information content (AvgIpc) is 2.48. The van der Waals surface area contributed by atoms with Crippen molar-refractivity contribution in [3.63, 3.8) is 0 Å². The molecule has 1 heterocycles. The maximum Gasteiger partial charge on any atom is 0.337 e. The van der Waals surface area contributed by atoms with Crippen molar-refractivity contribution in [1.82, 2.24) is 4.98 Å². The molecule has 21 heavy (non-hydrogen) atoms. The number of nitrogens with zero attached hydrogens (tertiary/aromatic N) is 1. The number of anilines is 3. The molecule has 0 bridgehead atoms. The minimum Gasteiger partial charge on any atom is -0.494 e. The van der Waals surface area contributed by atoms with Gasteiger partial charge in [0.2, 0.25) is 0 Å². The van der Waals surface area contributed by atoms with Crippen LogP contribution in [-0.2, 0) is 0 Å². The van der Waals surface area contributed by atoms with Gasteiger partial charge < -0.3 is 20.9 Å². The molecule has 110 valence electrons. The Morgan fingerprint density at radius 1 is 1.38 bits per heavy atom. The molecule has 2 aromatic rings. The van der Waals surface area contributed by atoms with E-state index < -0.39 is 5.97 Å². The van der Waals surface area contributed by atoms with E-state index in [1.165, 1.54) is 12.3 Å². The van der Waals surface area contributed by atoms with Gasteiger partial charge in [-0.15, -0.1) is 0 Å². The lowest BCUT2D eigenvalue weighted by molar-refractivity contribution is 0.0698. The predicted octanol–water partition coefficient (Wildman–Crippen LogP) is 2.89. The molecule has 0 radical (unpaired) electrons. The van der Waals surface area contributed by atoms with Gasteiger partial charge in [0.15, 0.2) is 0 Å². The van der Waals surface area contributed by atoms with Gasteiger partial charge in [-0.25, -0.2) is 9.78 Å². The normalized spacial score (nSPS) is 10.1. The van der Waals surface area contributed by atoms with Crippen LogP contribution in [0.15, 0.2) is 36.5 Å². The van der Waals surface area contributed by atoms with E-state index in [2.05, 4.69) is 10.3 Å². The quantitative estimate of drug-likeness (QED) is 0.755. The summed E-state index contributed by atoms with van der Waals surface area (Å²) < 4.78 is 5.49. The number of aromatic carboxylic acids is 1. The summed E-state index contributed by atoms with van der Waals surface area (Å²) in [6, 6.07) is 8.76. The highest BCUT2D eigenvalue weighted by Crippen LogP contribution is 2.21. The standard InChI is InChI=1S/C15H17N3O3/c1-2-7-21-11-5-3-10(4-6-11)18-14-8-12(15(19)20)13(16)9-17-14/h3-6,8-9H,2,7,16H2,1H3,(H,17,18)(H,19,20). The highest BCUT2D eigenvalue weighted by Gasteiger charge is 2.09. The summed E-state index contributed by atoms with van der Waals surface area (Å²) in [6.45, 7) is 2.72. The summed E-state index contributed by atoms with van der Waals surface area (Å²) in [5.74, 6) is 0.129. The SMILES string of the molecule is CCCOc1ccc(Nc2cc(C(=O)O)c(N)cn2)cc1. The molecule has 1 aromatic heterocycles. The van der Waals surface area contributed by atoms with Gasteiger partial charge in [0.25, 0.3) is 0 Å². The molecule has 4 N–H and O–H groups in total. The summed E-state index contributed by atoms with van der Waals surface area (Å²) in [7, 11) is 0. The number of carboxylic acids is 1.